The lowest BCUT2D eigenvalue weighted by atomic mass is 10.1. The summed E-state index contributed by atoms with van der Waals surface area (Å²) in [5.74, 6) is 0.720. The first-order chi connectivity index (χ1) is 8.15. The lowest BCUT2D eigenvalue weighted by molar-refractivity contribution is -0.00346. The van der Waals surface area contributed by atoms with Crippen LogP contribution < -0.4 is 10.1 Å². The van der Waals surface area contributed by atoms with Gasteiger partial charge in [0.25, 0.3) is 5.91 Å². The molecule has 0 radical (unpaired) electrons. The minimum absolute atomic E-state index is 0.0607. The van der Waals surface area contributed by atoms with Crippen molar-refractivity contribution in [3.05, 3.63) is 29.8 Å². The molecule has 0 atom stereocenters. The third kappa shape index (κ3) is 3.20. The second-order valence-electron chi connectivity index (χ2n) is 4.40. The number of rotatable bonds is 4. The molecule has 0 saturated carbocycles. The summed E-state index contributed by atoms with van der Waals surface area (Å²) in [6.45, 7) is 5.16. The van der Waals surface area contributed by atoms with Crippen LogP contribution in [0.3, 0.4) is 0 Å². The van der Waals surface area contributed by atoms with E-state index in [0.717, 1.165) is 5.75 Å². The lowest BCUT2D eigenvalue weighted by Gasteiger charge is -2.26. The Labute approximate surface area is 101 Å². The Hall–Kier alpha value is -1.55. The van der Waals surface area contributed by atoms with Gasteiger partial charge in [-0.2, -0.15) is 0 Å². The Morgan fingerprint density at radius 2 is 2.00 bits per heavy atom. The number of hydrogen-bond acceptors (Lipinski definition) is 3. The van der Waals surface area contributed by atoms with Gasteiger partial charge in [-0.05, 0) is 38.1 Å². The maximum Gasteiger partial charge on any atom is 0.251 e. The van der Waals surface area contributed by atoms with Crippen LogP contribution in [-0.4, -0.2) is 31.3 Å². The van der Waals surface area contributed by atoms with Gasteiger partial charge in [0.15, 0.2) is 0 Å². The van der Waals surface area contributed by atoms with Crippen molar-refractivity contribution in [2.75, 3.05) is 13.2 Å². The molecule has 17 heavy (non-hydrogen) atoms. The molecular weight excluding hydrogens is 218 g/mol. The molecule has 0 spiro atoms. The van der Waals surface area contributed by atoms with E-state index in [2.05, 4.69) is 5.32 Å². The Morgan fingerprint density at radius 1 is 1.35 bits per heavy atom. The van der Waals surface area contributed by atoms with Crippen LogP contribution in [-0.2, 0) is 4.74 Å². The molecule has 0 aromatic heterocycles. The summed E-state index contributed by atoms with van der Waals surface area (Å²) in [5.41, 5.74) is 0.646. The number of benzene rings is 1. The molecule has 1 heterocycles. The van der Waals surface area contributed by atoms with E-state index in [0.29, 0.717) is 18.8 Å². The van der Waals surface area contributed by atoms with E-state index >= 15 is 0 Å². The predicted molar refractivity (Wildman–Crippen MR) is 64.3 cm³/mol. The average Bonchev–Trinajstić information content (AvgIpc) is 2.23. The van der Waals surface area contributed by atoms with Crippen molar-refractivity contribution in [3.63, 3.8) is 0 Å². The number of amides is 1. The first-order valence-corrected chi connectivity index (χ1v) is 5.80. The number of carbonyl (C=O) groups excluding carboxylic acids is 1. The topological polar surface area (TPSA) is 47.6 Å². The first kappa shape index (κ1) is 11.9. The monoisotopic (exact) mass is 235 g/mol. The molecule has 4 heteroatoms. The summed E-state index contributed by atoms with van der Waals surface area (Å²) >= 11 is 0. The van der Waals surface area contributed by atoms with Gasteiger partial charge in [-0.1, -0.05) is 0 Å². The molecule has 1 saturated heterocycles. The Morgan fingerprint density at radius 3 is 2.47 bits per heavy atom. The van der Waals surface area contributed by atoms with Crippen molar-refractivity contribution in [1.82, 2.24) is 5.32 Å². The van der Waals surface area contributed by atoms with Crippen LogP contribution in [0, 0.1) is 0 Å². The molecule has 92 valence electrons. The molecule has 4 nitrogen and oxygen atoms in total. The summed E-state index contributed by atoms with van der Waals surface area (Å²) in [4.78, 5) is 11.8. The maximum absolute atomic E-state index is 11.8. The van der Waals surface area contributed by atoms with Gasteiger partial charge in [0, 0.05) is 5.56 Å². The third-order valence-electron chi connectivity index (χ3n) is 2.46. The van der Waals surface area contributed by atoms with Gasteiger partial charge < -0.3 is 14.8 Å². The summed E-state index contributed by atoms with van der Waals surface area (Å²) in [7, 11) is 0. The van der Waals surface area contributed by atoms with Crippen molar-refractivity contribution in [1.29, 1.82) is 0 Å². The standard InChI is InChI=1S/C13H17NO3/c1-9(2)17-12-5-3-10(4-6-12)13(15)14-11-7-16-8-11/h3-6,9,11H,7-8H2,1-2H3,(H,14,15). The average molecular weight is 235 g/mol. The molecule has 1 aliphatic rings. The SMILES string of the molecule is CC(C)Oc1ccc(C(=O)NC2COC2)cc1. The van der Waals surface area contributed by atoms with Gasteiger partial charge in [-0.25, -0.2) is 0 Å². The quantitative estimate of drug-likeness (QED) is 0.862. The second kappa shape index (κ2) is 5.19. The van der Waals surface area contributed by atoms with E-state index in [-0.39, 0.29) is 18.1 Å². The van der Waals surface area contributed by atoms with E-state index in [9.17, 15) is 4.79 Å². The number of carbonyl (C=O) groups is 1. The fourth-order valence-electron chi connectivity index (χ4n) is 1.54. The van der Waals surface area contributed by atoms with E-state index in [1.807, 2.05) is 26.0 Å². The van der Waals surface area contributed by atoms with Gasteiger partial charge in [0.2, 0.25) is 0 Å². The van der Waals surface area contributed by atoms with Crippen LogP contribution >= 0.6 is 0 Å². The second-order valence-corrected chi connectivity index (χ2v) is 4.40. The Bertz CT molecular complexity index is 382. The zero-order valence-corrected chi connectivity index (χ0v) is 10.1. The van der Waals surface area contributed by atoms with Gasteiger partial charge in [-0.15, -0.1) is 0 Å². The van der Waals surface area contributed by atoms with Crippen LogP contribution in [0.4, 0.5) is 0 Å². The molecule has 1 aliphatic heterocycles. The van der Waals surface area contributed by atoms with Crippen molar-refractivity contribution >= 4 is 5.91 Å². The van der Waals surface area contributed by atoms with Crippen molar-refractivity contribution in [3.8, 4) is 5.75 Å². The molecule has 0 unspecified atom stereocenters. The van der Waals surface area contributed by atoms with Gasteiger partial charge in [0.05, 0.1) is 25.4 Å². The minimum atomic E-state index is -0.0607. The highest BCUT2D eigenvalue weighted by molar-refractivity contribution is 5.94. The van der Waals surface area contributed by atoms with Crippen molar-refractivity contribution in [2.45, 2.75) is 26.0 Å². The highest BCUT2D eigenvalue weighted by Gasteiger charge is 2.20. The molecule has 0 aliphatic carbocycles. The Balaban J connectivity index is 1.94. The van der Waals surface area contributed by atoms with E-state index in [1.165, 1.54) is 0 Å². The summed E-state index contributed by atoms with van der Waals surface area (Å²) in [5, 5.41) is 2.89. The van der Waals surface area contributed by atoms with Gasteiger partial charge in [-0.3, -0.25) is 4.79 Å². The Kier molecular flexibility index (Phi) is 3.64. The van der Waals surface area contributed by atoms with E-state index in [4.69, 9.17) is 9.47 Å². The molecule has 1 aromatic carbocycles. The fourth-order valence-corrected chi connectivity index (χ4v) is 1.54. The van der Waals surface area contributed by atoms with Gasteiger partial charge in [0.1, 0.15) is 5.75 Å². The highest BCUT2D eigenvalue weighted by Crippen LogP contribution is 2.14. The van der Waals surface area contributed by atoms with Crippen LogP contribution in [0.1, 0.15) is 24.2 Å². The molecular formula is C13H17NO3. The number of hydrogen-bond donors (Lipinski definition) is 1. The van der Waals surface area contributed by atoms with Crippen LogP contribution in [0.2, 0.25) is 0 Å². The molecule has 2 rings (SSSR count). The van der Waals surface area contributed by atoms with Crippen molar-refractivity contribution in [2.24, 2.45) is 0 Å². The number of ether oxygens (including phenoxy) is 2. The predicted octanol–water partition coefficient (Wildman–Crippen LogP) is 1.60. The molecule has 1 N–H and O–H groups in total. The van der Waals surface area contributed by atoms with E-state index in [1.54, 1.807) is 12.1 Å². The molecule has 1 amide bonds. The summed E-state index contributed by atoms with van der Waals surface area (Å²) in [6, 6.07) is 7.33. The lowest BCUT2D eigenvalue weighted by Crippen LogP contribution is -2.48. The zero-order valence-electron chi connectivity index (χ0n) is 10.1. The van der Waals surface area contributed by atoms with E-state index < -0.39 is 0 Å². The number of nitrogens with one attached hydrogen (secondary N) is 1. The smallest absolute Gasteiger partial charge is 0.251 e. The van der Waals surface area contributed by atoms with Crippen molar-refractivity contribution < 1.29 is 14.3 Å². The van der Waals surface area contributed by atoms with Crippen LogP contribution in [0.25, 0.3) is 0 Å². The van der Waals surface area contributed by atoms with Crippen LogP contribution in [0.5, 0.6) is 5.75 Å². The molecule has 1 aromatic rings. The largest absolute Gasteiger partial charge is 0.491 e. The highest BCUT2D eigenvalue weighted by atomic mass is 16.5. The van der Waals surface area contributed by atoms with Crippen LogP contribution in [0.15, 0.2) is 24.3 Å². The molecule has 0 bridgehead atoms. The normalized spacial score (nSPS) is 15.5. The summed E-state index contributed by atoms with van der Waals surface area (Å²) < 4.78 is 10.5. The molecule has 1 fully saturated rings. The minimum Gasteiger partial charge on any atom is -0.491 e. The summed E-state index contributed by atoms with van der Waals surface area (Å²) in [6.07, 6.45) is 0.141. The van der Waals surface area contributed by atoms with Gasteiger partial charge >= 0.3 is 0 Å². The zero-order chi connectivity index (χ0) is 12.3. The third-order valence-corrected chi connectivity index (χ3v) is 2.46. The first-order valence-electron chi connectivity index (χ1n) is 5.80. The maximum atomic E-state index is 11.8. The fraction of sp³-hybridized carbons (Fsp3) is 0.462.